The molecule has 98 valence electrons. The zero-order valence-electron chi connectivity index (χ0n) is 10.7. The van der Waals surface area contributed by atoms with Gasteiger partial charge in [0.15, 0.2) is 0 Å². The van der Waals surface area contributed by atoms with Crippen LogP contribution in [0.1, 0.15) is 17.9 Å². The van der Waals surface area contributed by atoms with Crippen molar-refractivity contribution in [2.45, 2.75) is 18.4 Å². The van der Waals surface area contributed by atoms with E-state index >= 15 is 0 Å². The molecule has 4 nitrogen and oxygen atoms in total. The maximum Gasteiger partial charge on any atom is 0.224 e. The number of rotatable bonds is 4. The first kappa shape index (κ1) is 13.1. The summed E-state index contributed by atoms with van der Waals surface area (Å²) in [6.45, 7) is 1.83. The summed E-state index contributed by atoms with van der Waals surface area (Å²) >= 11 is 0. The predicted octanol–water partition coefficient (Wildman–Crippen LogP) is 0.976. The van der Waals surface area contributed by atoms with Gasteiger partial charge in [-0.1, -0.05) is 30.3 Å². The number of carbonyl (C=O) groups excluding carboxylic acids is 1. The number of nitrogens with two attached hydrogens (primary N) is 1. The number of likely N-dealkylation sites (tertiary alicyclic amines) is 1. The molecule has 2 rings (SSSR count). The molecule has 0 saturated carbocycles. The van der Waals surface area contributed by atoms with E-state index < -0.39 is 0 Å². The summed E-state index contributed by atoms with van der Waals surface area (Å²) < 4.78 is 4.93. The normalized spacial score (nSPS) is 23.3. The van der Waals surface area contributed by atoms with Gasteiger partial charge < -0.3 is 15.4 Å². The van der Waals surface area contributed by atoms with Gasteiger partial charge in [0.2, 0.25) is 5.91 Å². The summed E-state index contributed by atoms with van der Waals surface area (Å²) in [4.78, 5) is 13.8. The topological polar surface area (TPSA) is 55.6 Å². The monoisotopic (exact) mass is 248 g/mol. The van der Waals surface area contributed by atoms with Crippen molar-refractivity contribution in [1.29, 1.82) is 0 Å². The maximum absolute atomic E-state index is 11.9. The lowest BCUT2D eigenvalue weighted by molar-refractivity contribution is -0.131. The van der Waals surface area contributed by atoms with Crippen molar-refractivity contribution >= 4 is 5.91 Å². The van der Waals surface area contributed by atoms with Crippen molar-refractivity contribution in [2.24, 2.45) is 5.73 Å². The Bertz CT molecular complexity index is 394. The van der Waals surface area contributed by atoms with Crippen LogP contribution in [0, 0.1) is 0 Å². The lowest BCUT2D eigenvalue weighted by Crippen LogP contribution is -2.32. The van der Waals surface area contributed by atoms with Gasteiger partial charge in [-0.3, -0.25) is 4.79 Å². The summed E-state index contributed by atoms with van der Waals surface area (Å²) in [5, 5.41) is 0. The second kappa shape index (κ2) is 5.98. The van der Waals surface area contributed by atoms with Gasteiger partial charge in [-0.05, 0) is 5.56 Å². The Balaban J connectivity index is 1.99. The number of nitrogens with zero attached hydrogens (tertiary/aromatic N) is 1. The van der Waals surface area contributed by atoms with Gasteiger partial charge in [-0.25, -0.2) is 0 Å². The van der Waals surface area contributed by atoms with Crippen LogP contribution in [0.4, 0.5) is 0 Å². The number of methoxy groups -OCH3 is 1. The van der Waals surface area contributed by atoms with Gasteiger partial charge in [-0.15, -0.1) is 0 Å². The van der Waals surface area contributed by atoms with Crippen LogP contribution in [-0.2, 0) is 9.53 Å². The van der Waals surface area contributed by atoms with Crippen molar-refractivity contribution in [3.05, 3.63) is 35.9 Å². The molecular weight excluding hydrogens is 228 g/mol. The molecule has 0 aliphatic carbocycles. The maximum atomic E-state index is 11.9. The minimum absolute atomic E-state index is 0.0268. The Labute approximate surface area is 108 Å². The van der Waals surface area contributed by atoms with Gasteiger partial charge in [0.1, 0.15) is 0 Å². The van der Waals surface area contributed by atoms with Crippen LogP contribution in [0.15, 0.2) is 30.3 Å². The number of hydrogen-bond donors (Lipinski definition) is 1. The van der Waals surface area contributed by atoms with Crippen molar-refractivity contribution in [3.63, 3.8) is 0 Å². The summed E-state index contributed by atoms with van der Waals surface area (Å²) in [5.74, 6) is 0.378. The molecule has 1 fully saturated rings. The third-order valence-electron chi connectivity index (χ3n) is 3.47. The van der Waals surface area contributed by atoms with Crippen LogP contribution in [0.3, 0.4) is 0 Å². The van der Waals surface area contributed by atoms with E-state index in [1.165, 1.54) is 5.56 Å². The van der Waals surface area contributed by atoms with Gasteiger partial charge in [0.05, 0.1) is 13.0 Å². The van der Waals surface area contributed by atoms with Crippen LogP contribution in [0.25, 0.3) is 0 Å². The molecule has 2 N–H and O–H groups in total. The van der Waals surface area contributed by atoms with Gasteiger partial charge in [0.25, 0.3) is 0 Å². The molecule has 0 unspecified atom stereocenters. The lowest BCUT2D eigenvalue weighted by atomic mass is 9.95. The molecule has 1 amide bonds. The molecule has 2 atom stereocenters. The first-order valence-corrected chi connectivity index (χ1v) is 6.29. The molecule has 0 radical (unpaired) electrons. The molecule has 1 aliphatic rings. The van der Waals surface area contributed by atoms with E-state index in [4.69, 9.17) is 10.5 Å². The minimum Gasteiger partial charge on any atom is -0.384 e. The molecule has 18 heavy (non-hydrogen) atoms. The Morgan fingerprint density at radius 2 is 2.11 bits per heavy atom. The van der Waals surface area contributed by atoms with E-state index in [0.29, 0.717) is 26.1 Å². The summed E-state index contributed by atoms with van der Waals surface area (Å²) in [7, 11) is 1.61. The molecule has 4 heteroatoms. The fourth-order valence-electron chi connectivity index (χ4n) is 2.43. The second-order valence-corrected chi connectivity index (χ2v) is 4.72. The van der Waals surface area contributed by atoms with E-state index in [9.17, 15) is 4.79 Å². The Morgan fingerprint density at radius 3 is 2.78 bits per heavy atom. The van der Waals surface area contributed by atoms with E-state index in [0.717, 1.165) is 0 Å². The predicted molar refractivity (Wildman–Crippen MR) is 70.2 cm³/mol. The molecule has 0 aromatic heterocycles. The van der Waals surface area contributed by atoms with Gasteiger partial charge in [0, 0.05) is 32.2 Å². The van der Waals surface area contributed by atoms with Crippen LogP contribution in [-0.4, -0.2) is 43.7 Å². The Hall–Kier alpha value is -1.39. The highest BCUT2D eigenvalue weighted by Crippen LogP contribution is 2.26. The van der Waals surface area contributed by atoms with Crippen LogP contribution in [0.5, 0.6) is 0 Å². The number of carbonyl (C=O) groups is 1. The Morgan fingerprint density at radius 1 is 1.39 bits per heavy atom. The van der Waals surface area contributed by atoms with Crippen molar-refractivity contribution in [3.8, 4) is 0 Å². The zero-order chi connectivity index (χ0) is 13.0. The molecule has 1 aromatic carbocycles. The number of benzene rings is 1. The summed E-state index contributed by atoms with van der Waals surface area (Å²) in [6, 6.07) is 10.2. The van der Waals surface area contributed by atoms with Crippen molar-refractivity contribution in [2.75, 3.05) is 26.8 Å². The fourth-order valence-corrected chi connectivity index (χ4v) is 2.43. The summed E-state index contributed by atoms with van der Waals surface area (Å²) in [6.07, 6.45) is 0.435. The van der Waals surface area contributed by atoms with E-state index in [2.05, 4.69) is 12.1 Å². The van der Waals surface area contributed by atoms with Gasteiger partial charge >= 0.3 is 0 Å². The Kier molecular flexibility index (Phi) is 4.33. The second-order valence-electron chi connectivity index (χ2n) is 4.72. The first-order valence-electron chi connectivity index (χ1n) is 6.29. The van der Waals surface area contributed by atoms with Crippen molar-refractivity contribution < 1.29 is 9.53 Å². The molecular formula is C14H20N2O2. The standard InChI is InChI=1S/C14H20N2O2/c1-18-8-7-14(17)16-9-12(13(15)10-16)11-5-3-2-4-6-11/h2-6,12-13H,7-10,15H2,1H3/t12-,13+/m0/s1. The first-order chi connectivity index (χ1) is 8.72. The molecule has 0 bridgehead atoms. The lowest BCUT2D eigenvalue weighted by Gasteiger charge is -2.16. The third-order valence-corrected chi connectivity index (χ3v) is 3.47. The largest absolute Gasteiger partial charge is 0.384 e. The smallest absolute Gasteiger partial charge is 0.224 e. The fraction of sp³-hybridized carbons (Fsp3) is 0.500. The number of ether oxygens (including phenoxy) is 1. The van der Waals surface area contributed by atoms with E-state index in [1.807, 2.05) is 23.1 Å². The highest BCUT2D eigenvalue weighted by molar-refractivity contribution is 5.76. The molecule has 1 heterocycles. The van der Waals surface area contributed by atoms with Crippen LogP contribution in [0.2, 0.25) is 0 Å². The molecule has 1 aliphatic heterocycles. The SMILES string of the molecule is COCCC(=O)N1C[C@@H](N)[C@H](c2ccccc2)C1. The van der Waals surface area contributed by atoms with E-state index in [-0.39, 0.29) is 17.9 Å². The number of amides is 1. The van der Waals surface area contributed by atoms with E-state index in [1.54, 1.807) is 7.11 Å². The minimum atomic E-state index is 0.0268. The van der Waals surface area contributed by atoms with Crippen LogP contribution < -0.4 is 5.73 Å². The molecule has 1 aromatic rings. The number of hydrogen-bond acceptors (Lipinski definition) is 3. The molecule has 0 spiro atoms. The van der Waals surface area contributed by atoms with Gasteiger partial charge in [-0.2, -0.15) is 0 Å². The average molecular weight is 248 g/mol. The zero-order valence-corrected chi connectivity index (χ0v) is 10.7. The highest BCUT2D eigenvalue weighted by Gasteiger charge is 2.33. The highest BCUT2D eigenvalue weighted by atomic mass is 16.5. The third kappa shape index (κ3) is 2.89. The van der Waals surface area contributed by atoms with Crippen LogP contribution >= 0.6 is 0 Å². The average Bonchev–Trinajstić information content (AvgIpc) is 2.79. The molecule has 1 saturated heterocycles. The summed E-state index contributed by atoms with van der Waals surface area (Å²) in [5.41, 5.74) is 7.36. The van der Waals surface area contributed by atoms with Crippen molar-refractivity contribution in [1.82, 2.24) is 4.90 Å². The quantitative estimate of drug-likeness (QED) is 0.864.